The Morgan fingerprint density at radius 3 is 2.44 bits per heavy atom. The maximum atomic E-state index is 13.1. The minimum absolute atomic E-state index is 0.0125. The number of likely N-dealkylation sites (N-methyl/N-ethyl adjacent to an activating group) is 1. The number of amides is 1. The number of carbonyl (C=O) groups is 2. The molecule has 9 nitrogen and oxygen atoms in total. The van der Waals surface area contributed by atoms with Crippen LogP contribution < -0.4 is 4.90 Å². The van der Waals surface area contributed by atoms with Crippen molar-refractivity contribution in [3.05, 3.63) is 59.9 Å². The predicted octanol–water partition coefficient (Wildman–Crippen LogP) is 1.87. The molecule has 0 atom stereocenters. The Bertz CT molecular complexity index is 1170. The molecular weight excluding hydrogens is 463 g/mol. The van der Waals surface area contributed by atoms with E-state index in [0.717, 1.165) is 5.69 Å². The molecule has 1 fully saturated rings. The van der Waals surface area contributed by atoms with Crippen LogP contribution in [0.4, 0.5) is 10.1 Å². The number of anilines is 1. The van der Waals surface area contributed by atoms with Crippen LogP contribution in [0.25, 0.3) is 0 Å². The fraction of sp³-hybridized carbons (Fsp3) is 0.348. The molecule has 180 valence electrons. The highest BCUT2D eigenvalue weighted by molar-refractivity contribution is 7.89. The SMILES string of the molecule is CN(CCC#N)C(=O)COC(=O)c1cccc(S(=O)(=O)N2CCN(c3ccc(F)cc3)CC2)c1. The molecule has 2 aromatic rings. The highest BCUT2D eigenvalue weighted by atomic mass is 32.2. The largest absolute Gasteiger partial charge is 0.452 e. The third-order valence-electron chi connectivity index (χ3n) is 5.45. The van der Waals surface area contributed by atoms with Crippen LogP contribution in [0.15, 0.2) is 53.4 Å². The number of hydrogen-bond donors (Lipinski definition) is 0. The van der Waals surface area contributed by atoms with Gasteiger partial charge in [0.15, 0.2) is 6.61 Å². The second-order valence-corrected chi connectivity index (χ2v) is 9.63. The molecular formula is C23H25FN4O5S. The van der Waals surface area contributed by atoms with Gasteiger partial charge >= 0.3 is 5.97 Å². The van der Waals surface area contributed by atoms with Crippen molar-refractivity contribution in [2.75, 3.05) is 51.3 Å². The summed E-state index contributed by atoms with van der Waals surface area (Å²) >= 11 is 0. The second kappa shape index (κ2) is 11.1. The van der Waals surface area contributed by atoms with Crippen molar-refractivity contribution in [3.8, 4) is 6.07 Å². The maximum Gasteiger partial charge on any atom is 0.338 e. The number of sulfonamides is 1. The van der Waals surface area contributed by atoms with Crippen LogP contribution in [-0.4, -0.2) is 75.9 Å². The molecule has 0 aliphatic carbocycles. The van der Waals surface area contributed by atoms with Crippen LogP contribution in [0.2, 0.25) is 0 Å². The molecule has 1 heterocycles. The number of benzene rings is 2. The average Bonchev–Trinajstić information content (AvgIpc) is 2.86. The van der Waals surface area contributed by atoms with E-state index < -0.39 is 28.5 Å². The van der Waals surface area contributed by atoms with E-state index in [1.807, 2.05) is 11.0 Å². The van der Waals surface area contributed by atoms with E-state index in [-0.39, 0.29) is 42.3 Å². The standard InChI is InChI=1S/C23H25FN4O5S/c1-26(11-3-10-25)22(29)17-33-23(30)18-4-2-5-21(16-18)34(31,32)28-14-12-27(13-15-28)20-8-6-19(24)7-9-20/h2,4-9,16H,3,11-15,17H2,1H3. The summed E-state index contributed by atoms with van der Waals surface area (Å²) in [4.78, 5) is 27.6. The van der Waals surface area contributed by atoms with Gasteiger partial charge in [-0.3, -0.25) is 4.79 Å². The van der Waals surface area contributed by atoms with Gasteiger partial charge in [-0.15, -0.1) is 0 Å². The first kappa shape index (κ1) is 25.1. The quantitative estimate of drug-likeness (QED) is 0.522. The van der Waals surface area contributed by atoms with Gasteiger partial charge in [-0.25, -0.2) is 17.6 Å². The Morgan fingerprint density at radius 1 is 1.12 bits per heavy atom. The fourth-order valence-electron chi connectivity index (χ4n) is 3.43. The van der Waals surface area contributed by atoms with Crippen molar-refractivity contribution in [2.24, 2.45) is 0 Å². The van der Waals surface area contributed by atoms with Crippen molar-refractivity contribution in [1.82, 2.24) is 9.21 Å². The number of ether oxygens (including phenoxy) is 1. The molecule has 34 heavy (non-hydrogen) atoms. The maximum absolute atomic E-state index is 13.1. The van der Waals surface area contributed by atoms with E-state index in [4.69, 9.17) is 10.00 Å². The smallest absolute Gasteiger partial charge is 0.338 e. The summed E-state index contributed by atoms with van der Waals surface area (Å²) in [7, 11) is -2.36. The molecule has 1 saturated heterocycles. The number of esters is 1. The Kier molecular flexibility index (Phi) is 8.20. The van der Waals surface area contributed by atoms with Gasteiger partial charge in [-0.2, -0.15) is 9.57 Å². The Hall–Kier alpha value is -3.49. The summed E-state index contributed by atoms with van der Waals surface area (Å²) in [6.07, 6.45) is 0.161. The van der Waals surface area contributed by atoms with Gasteiger partial charge in [0, 0.05) is 45.5 Å². The number of rotatable bonds is 8. The van der Waals surface area contributed by atoms with Crippen LogP contribution >= 0.6 is 0 Å². The van der Waals surface area contributed by atoms with Crippen molar-refractivity contribution in [3.63, 3.8) is 0 Å². The summed E-state index contributed by atoms with van der Waals surface area (Å²) < 4.78 is 45.8. The van der Waals surface area contributed by atoms with Crippen LogP contribution in [-0.2, 0) is 19.6 Å². The van der Waals surface area contributed by atoms with Gasteiger partial charge in [-0.05, 0) is 42.5 Å². The summed E-state index contributed by atoms with van der Waals surface area (Å²) in [6, 6.07) is 13.4. The highest BCUT2D eigenvalue weighted by Crippen LogP contribution is 2.22. The zero-order chi connectivity index (χ0) is 24.7. The highest BCUT2D eigenvalue weighted by Gasteiger charge is 2.29. The zero-order valence-corrected chi connectivity index (χ0v) is 19.5. The second-order valence-electron chi connectivity index (χ2n) is 7.69. The lowest BCUT2D eigenvalue weighted by Gasteiger charge is -2.35. The predicted molar refractivity (Wildman–Crippen MR) is 122 cm³/mol. The molecule has 1 amide bonds. The molecule has 2 aromatic carbocycles. The van der Waals surface area contributed by atoms with E-state index in [2.05, 4.69) is 0 Å². The normalized spacial score (nSPS) is 14.3. The van der Waals surface area contributed by atoms with Crippen LogP contribution in [0.1, 0.15) is 16.8 Å². The number of piperazine rings is 1. The van der Waals surface area contributed by atoms with Gasteiger partial charge in [0.25, 0.3) is 5.91 Å². The van der Waals surface area contributed by atoms with Crippen molar-refractivity contribution >= 4 is 27.6 Å². The van der Waals surface area contributed by atoms with E-state index >= 15 is 0 Å². The third kappa shape index (κ3) is 6.09. The number of hydrogen-bond acceptors (Lipinski definition) is 7. The first-order valence-electron chi connectivity index (χ1n) is 10.6. The third-order valence-corrected chi connectivity index (χ3v) is 7.34. The topological polar surface area (TPSA) is 111 Å². The van der Waals surface area contributed by atoms with E-state index in [1.54, 1.807) is 12.1 Å². The van der Waals surface area contributed by atoms with Crippen LogP contribution in [0, 0.1) is 17.1 Å². The van der Waals surface area contributed by atoms with Crippen molar-refractivity contribution < 1.29 is 27.1 Å². The first-order chi connectivity index (χ1) is 16.2. The van der Waals surface area contributed by atoms with Crippen molar-refractivity contribution in [2.45, 2.75) is 11.3 Å². The van der Waals surface area contributed by atoms with Crippen LogP contribution in [0.3, 0.4) is 0 Å². The lowest BCUT2D eigenvalue weighted by atomic mass is 10.2. The molecule has 0 N–H and O–H groups in total. The molecule has 0 unspecified atom stereocenters. The molecule has 0 spiro atoms. The molecule has 0 radical (unpaired) electrons. The number of carbonyl (C=O) groups excluding carboxylic acids is 2. The van der Waals surface area contributed by atoms with E-state index in [1.165, 1.54) is 52.7 Å². The zero-order valence-electron chi connectivity index (χ0n) is 18.7. The van der Waals surface area contributed by atoms with Gasteiger partial charge in [0.1, 0.15) is 5.82 Å². The summed E-state index contributed by atoms with van der Waals surface area (Å²) in [5, 5.41) is 8.58. The van der Waals surface area contributed by atoms with Gasteiger partial charge in [0.2, 0.25) is 10.0 Å². The lowest BCUT2D eigenvalue weighted by molar-refractivity contribution is -0.133. The monoisotopic (exact) mass is 488 g/mol. The molecule has 11 heteroatoms. The summed E-state index contributed by atoms with van der Waals surface area (Å²) in [5.74, 6) is -1.62. The van der Waals surface area contributed by atoms with E-state index in [0.29, 0.717) is 13.1 Å². The van der Waals surface area contributed by atoms with Crippen LogP contribution in [0.5, 0.6) is 0 Å². The van der Waals surface area contributed by atoms with E-state index in [9.17, 15) is 22.4 Å². The first-order valence-corrected chi connectivity index (χ1v) is 12.0. The Labute approximate surface area is 198 Å². The van der Waals surface area contributed by atoms with Crippen molar-refractivity contribution in [1.29, 1.82) is 5.26 Å². The minimum atomic E-state index is -3.85. The lowest BCUT2D eigenvalue weighted by Crippen LogP contribution is -2.48. The number of nitrogens with zero attached hydrogens (tertiary/aromatic N) is 4. The minimum Gasteiger partial charge on any atom is -0.452 e. The molecule has 0 bridgehead atoms. The summed E-state index contributed by atoms with van der Waals surface area (Å²) in [6.45, 7) is 1.05. The molecule has 1 aliphatic heterocycles. The van der Waals surface area contributed by atoms with Gasteiger partial charge in [0.05, 0.1) is 22.9 Å². The summed E-state index contributed by atoms with van der Waals surface area (Å²) in [5.41, 5.74) is 0.828. The number of nitriles is 1. The van der Waals surface area contributed by atoms with Gasteiger partial charge < -0.3 is 14.5 Å². The Morgan fingerprint density at radius 2 is 1.79 bits per heavy atom. The molecule has 1 aliphatic rings. The molecule has 3 rings (SSSR count). The Balaban J connectivity index is 1.61. The fourth-order valence-corrected chi connectivity index (χ4v) is 4.90. The molecule has 0 aromatic heterocycles. The van der Waals surface area contributed by atoms with Gasteiger partial charge in [-0.1, -0.05) is 6.07 Å². The number of halogens is 1. The average molecular weight is 489 g/mol. The molecule has 0 saturated carbocycles.